The van der Waals surface area contributed by atoms with Gasteiger partial charge in [-0.25, -0.2) is 9.97 Å². The van der Waals surface area contributed by atoms with Crippen LogP contribution in [0.5, 0.6) is 0 Å². The van der Waals surface area contributed by atoms with Gasteiger partial charge in [0, 0.05) is 0 Å². The Kier molecular flexibility index (Phi) is 7.60. The summed E-state index contributed by atoms with van der Waals surface area (Å²) in [6, 6.07) is 0. The smallest absolute Gasteiger partial charge is 0.0997 e. The predicted molar refractivity (Wildman–Crippen MR) is 139 cm³/mol. The number of hydrogen-bond acceptors (Lipinski definition) is 3. The zero-order chi connectivity index (χ0) is 23.5. The third-order valence-electron chi connectivity index (χ3n) is 10.1. The minimum Gasteiger partial charge on any atom is -0.362 e. The first-order valence-corrected chi connectivity index (χ1v) is 15.0. The number of ether oxygens (including phenoxy) is 1. The highest BCUT2D eigenvalue weighted by Crippen LogP contribution is 2.50. The van der Waals surface area contributed by atoms with Crippen LogP contribution >= 0.6 is 0 Å². The van der Waals surface area contributed by atoms with Crippen molar-refractivity contribution in [3.05, 3.63) is 36.4 Å². The Balaban J connectivity index is 1.13. The van der Waals surface area contributed by atoms with E-state index in [1.165, 1.54) is 89.9 Å². The topological polar surface area (TPSA) is 66.6 Å². The van der Waals surface area contributed by atoms with Gasteiger partial charge in [-0.05, 0) is 99.7 Å². The fraction of sp³-hybridized carbons (Fsp3) is 0.800. The van der Waals surface area contributed by atoms with Crippen LogP contribution in [0.25, 0.3) is 0 Å². The third-order valence-corrected chi connectivity index (χ3v) is 10.1. The molecule has 0 spiro atoms. The Morgan fingerprint density at radius 2 is 1.11 bits per heavy atom. The number of aromatic amines is 2. The fourth-order valence-corrected chi connectivity index (χ4v) is 7.89. The molecule has 4 fully saturated rings. The number of imidazole rings is 2. The van der Waals surface area contributed by atoms with E-state index in [-0.39, 0.29) is 12.2 Å². The molecule has 6 rings (SSSR count). The number of aromatic nitrogens is 4. The molecule has 5 heteroatoms. The van der Waals surface area contributed by atoms with Gasteiger partial charge in [-0.2, -0.15) is 0 Å². The molecule has 35 heavy (non-hydrogen) atoms. The van der Waals surface area contributed by atoms with Crippen LogP contribution in [0.3, 0.4) is 0 Å². The van der Waals surface area contributed by atoms with Crippen molar-refractivity contribution in [2.24, 2.45) is 35.5 Å². The maximum atomic E-state index is 7.00. The van der Waals surface area contributed by atoms with E-state index in [9.17, 15) is 0 Å². The van der Waals surface area contributed by atoms with Gasteiger partial charge in [-0.1, -0.05) is 38.5 Å². The molecule has 6 atom stereocenters. The van der Waals surface area contributed by atoms with E-state index in [1.807, 2.05) is 25.0 Å². The fourth-order valence-electron chi connectivity index (χ4n) is 7.89. The molecule has 4 saturated carbocycles. The van der Waals surface area contributed by atoms with E-state index in [0.29, 0.717) is 0 Å². The zero-order valence-electron chi connectivity index (χ0n) is 21.5. The average Bonchev–Trinajstić information content (AvgIpc) is 3.81. The van der Waals surface area contributed by atoms with E-state index >= 15 is 0 Å². The summed E-state index contributed by atoms with van der Waals surface area (Å²) in [5.74, 6) is 5.77. The van der Waals surface area contributed by atoms with E-state index in [2.05, 4.69) is 19.9 Å². The molecular weight excluding hydrogens is 432 g/mol. The summed E-state index contributed by atoms with van der Waals surface area (Å²) >= 11 is 0. The molecule has 0 bridgehead atoms. The van der Waals surface area contributed by atoms with Gasteiger partial charge in [0.15, 0.2) is 0 Å². The van der Waals surface area contributed by atoms with Crippen molar-refractivity contribution in [1.82, 2.24) is 19.9 Å². The lowest BCUT2D eigenvalue weighted by atomic mass is 9.74. The first kappa shape index (κ1) is 23.8. The summed E-state index contributed by atoms with van der Waals surface area (Å²) < 4.78 is 7.00. The minimum absolute atomic E-state index is 0.0816. The summed E-state index contributed by atoms with van der Waals surface area (Å²) in [5.41, 5.74) is 2.28. The number of hydrogen-bond donors (Lipinski definition) is 2. The van der Waals surface area contributed by atoms with Crippen molar-refractivity contribution < 1.29 is 4.74 Å². The number of rotatable bonds is 12. The molecule has 0 aromatic carbocycles. The monoisotopic (exact) mass is 478 g/mol. The molecule has 0 amide bonds. The first-order valence-electron chi connectivity index (χ1n) is 15.0. The summed E-state index contributed by atoms with van der Waals surface area (Å²) in [7, 11) is 0. The normalized spacial score (nSPS) is 31.3. The molecule has 0 radical (unpaired) electrons. The van der Waals surface area contributed by atoms with Crippen LogP contribution in [0.2, 0.25) is 0 Å². The van der Waals surface area contributed by atoms with Gasteiger partial charge in [0.1, 0.15) is 0 Å². The van der Waals surface area contributed by atoms with E-state index < -0.39 is 0 Å². The van der Waals surface area contributed by atoms with Gasteiger partial charge in [0.25, 0.3) is 0 Å². The van der Waals surface area contributed by atoms with Crippen LogP contribution in [-0.2, 0) is 4.74 Å². The average molecular weight is 479 g/mol. The lowest BCUT2D eigenvalue weighted by molar-refractivity contribution is -0.0375. The predicted octanol–water partition coefficient (Wildman–Crippen LogP) is 7.93. The van der Waals surface area contributed by atoms with Crippen LogP contribution in [0.15, 0.2) is 25.0 Å². The van der Waals surface area contributed by atoms with Crippen molar-refractivity contribution in [1.29, 1.82) is 0 Å². The zero-order valence-corrected chi connectivity index (χ0v) is 21.5. The Morgan fingerprint density at radius 3 is 1.51 bits per heavy atom. The molecule has 5 nitrogen and oxygen atoms in total. The molecule has 2 aromatic heterocycles. The maximum absolute atomic E-state index is 7.00. The van der Waals surface area contributed by atoms with Gasteiger partial charge in [-0.3, -0.25) is 0 Å². The maximum Gasteiger partial charge on any atom is 0.0997 e. The highest BCUT2D eigenvalue weighted by Gasteiger charge is 2.39. The Labute approximate surface area is 211 Å². The van der Waals surface area contributed by atoms with Gasteiger partial charge >= 0.3 is 0 Å². The second kappa shape index (κ2) is 11.2. The quantitative estimate of drug-likeness (QED) is 0.325. The second-order valence-corrected chi connectivity index (χ2v) is 12.4. The van der Waals surface area contributed by atoms with Crippen LogP contribution in [0.4, 0.5) is 0 Å². The molecule has 4 aliphatic rings. The first-order chi connectivity index (χ1) is 17.3. The molecule has 0 aliphatic heterocycles. The summed E-state index contributed by atoms with van der Waals surface area (Å²) in [4.78, 5) is 15.5. The molecule has 0 saturated heterocycles. The lowest BCUT2D eigenvalue weighted by Gasteiger charge is -2.34. The van der Waals surface area contributed by atoms with Gasteiger partial charge in [0.2, 0.25) is 0 Å². The van der Waals surface area contributed by atoms with Gasteiger partial charge in [-0.15, -0.1) is 0 Å². The van der Waals surface area contributed by atoms with E-state index in [0.717, 1.165) is 59.7 Å². The van der Waals surface area contributed by atoms with Crippen LogP contribution in [0.1, 0.15) is 126 Å². The summed E-state index contributed by atoms with van der Waals surface area (Å²) in [5, 5.41) is 0. The number of nitrogens with one attached hydrogen (secondary N) is 2. The Bertz CT molecular complexity index is 800. The van der Waals surface area contributed by atoms with Gasteiger partial charge in [0.05, 0.1) is 48.6 Å². The Hall–Kier alpha value is -1.62. The van der Waals surface area contributed by atoms with Crippen molar-refractivity contribution in [2.45, 2.75) is 115 Å². The molecule has 4 unspecified atom stereocenters. The highest BCUT2D eigenvalue weighted by molar-refractivity contribution is 5.04. The summed E-state index contributed by atoms with van der Waals surface area (Å²) in [6.07, 6.45) is 29.9. The largest absolute Gasteiger partial charge is 0.362 e. The van der Waals surface area contributed by atoms with Gasteiger partial charge < -0.3 is 14.7 Å². The SMILES string of the molecule is c1ncc(C(CCC2CCCC[C@@H]2C2CC2)OC(CCC2CCCC[C@@H]2C2CC2)c2cnc[nH]2)[nH]1. The van der Waals surface area contributed by atoms with Crippen LogP contribution < -0.4 is 0 Å². The second-order valence-electron chi connectivity index (χ2n) is 12.4. The number of H-pyrrole nitrogens is 2. The third kappa shape index (κ3) is 6.03. The van der Waals surface area contributed by atoms with Crippen molar-refractivity contribution in [3.8, 4) is 0 Å². The molecule has 2 heterocycles. The number of nitrogens with zero attached hydrogens (tertiary/aromatic N) is 2. The molecule has 192 valence electrons. The van der Waals surface area contributed by atoms with E-state index in [1.54, 1.807) is 0 Å². The molecule has 2 N–H and O–H groups in total. The van der Waals surface area contributed by atoms with E-state index in [4.69, 9.17) is 4.74 Å². The molecule has 4 aliphatic carbocycles. The molecule has 2 aromatic rings. The standard InChI is InChI=1S/C30H46N4O/c1-3-7-25(23-9-10-23)21(5-1)13-15-29(27-17-31-19-33-27)35-30(28-18-32-20-34-28)16-14-22-6-2-4-8-26(22)24-11-12-24/h17-26,29-30H,1-16H2,(H,31,33)(H,32,34)/t21?,22?,25-,26-,29?,30?/m0/s1. The van der Waals surface area contributed by atoms with Crippen LogP contribution in [-0.4, -0.2) is 19.9 Å². The minimum atomic E-state index is 0.0816. The van der Waals surface area contributed by atoms with Crippen molar-refractivity contribution in [2.75, 3.05) is 0 Å². The van der Waals surface area contributed by atoms with Crippen molar-refractivity contribution in [3.63, 3.8) is 0 Å². The lowest BCUT2D eigenvalue weighted by Crippen LogP contribution is -2.23. The van der Waals surface area contributed by atoms with Crippen molar-refractivity contribution >= 4 is 0 Å². The van der Waals surface area contributed by atoms with Crippen LogP contribution in [0, 0.1) is 35.5 Å². The highest BCUT2D eigenvalue weighted by atomic mass is 16.5. The Morgan fingerprint density at radius 1 is 0.657 bits per heavy atom. The molecular formula is C30H46N4O. The summed E-state index contributed by atoms with van der Waals surface area (Å²) in [6.45, 7) is 0.